The fourth-order valence-corrected chi connectivity index (χ4v) is 5.20. The van der Waals surface area contributed by atoms with E-state index in [2.05, 4.69) is 59.9 Å². The van der Waals surface area contributed by atoms with Crippen LogP contribution in [0.3, 0.4) is 0 Å². The van der Waals surface area contributed by atoms with Gasteiger partial charge in [0, 0.05) is 17.8 Å². The van der Waals surface area contributed by atoms with Gasteiger partial charge in [-0.3, -0.25) is 0 Å². The number of hydrogen-bond acceptors (Lipinski definition) is 15. The summed E-state index contributed by atoms with van der Waals surface area (Å²) in [6.07, 6.45) is -16.0. The van der Waals surface area contributed by atoms with E-state index in [-0.39, 0.29) is 24.7 Å². The van der Waals surface area contributed by atoms with Gasteiger partial charge in [0.1, 0.15) is 42.7 Å². The van der Waals surface area contributed by atoms with E-state index >= 15 is 0 Å². The molecule has 43 heavy (non-hydrogen) atoms. The van der Waals surface area contributed by atoms with Crippen LogP contribution in [-0.2, 0) is 33.4 Å². The number of ether oxygens (including phenoxy) is 5. The predicted molar refractivity (Wildman–Crippen MR) is 166 cm³/mol. The summed E-state index contributed by atoms with van der Waals surface area (Å²) in [5.41, 5.74) is 0. The quantitative estimate of drug-likeness (QED) is 0.0927. The Bertz CT molecular complexity index is 835. The molecule has 3 heterocycles. The minimum absolute atomic E-state index is 0.230. The summed E-state index contributed by atoms with van der Waals surface area (Å²) in [7, 11) is 0. The van der Waals surface area contributed by atoms with Gasteiger partial charge in [0.15, 0.2) is 12.4 Å². The maximum absolute atomic E-state index is 11.5. The molecule has 9 unspecified atom stereocenters. The van der Waals surface area contributed by atoms with E-state index in [9.17, 15) is 55.9 Å². The van der Waals surface area contributed by atoms with Crippen molar-refractivity contribution in [2.75, 3.05) is 39.6 Å². The molecule has 3 saturated heterocycles. The minimum atomic E-state index is -1.60. The fraction of sp³-hybridized carbons (Fsp3) is 0.957. The Hall–Kier alpha value is 1.68. The van der Waals surface area contributed by atoms with Gasteiger partial charge in [0.25, 0.3) is 0 Å². The Labute approximate surface area is 285 Å². The molecule has 3 fully saturated rings. The zero-order chi connectivity index (χ0) is 32.6. The van der Waals surface area contributed by atoms with E-state index in [1.165, 1.54) is 6.92 Å². The molecule has 0 radical (unpaired) electrons. The van der Waals surface area contributed by atoms with Gasteiger partial charge in [-0.2, -0.15) is 0 Å². The number of carboxylic acids is 1. The molecule has 254 valence electrons. The first kappa shape index (κ1) is 40.9. The standard InChI is InChI=1S/C23H40O16.3HI.V/c1-8-15(26)20(31)19(30)13(37-8)6-35-4-10-11(23(34)39-12(3-25)16(10)27)5-36-7-14-18(29)17(28)9(2-24)21(38-14)22(32)33;;;;/h8-21,23-31,34H,2-7H2,1H3,(H,32,33);3*1H;/q;;;;+3/p-3/t8?,9-,10?,11?,12?,13-,14-,15+,16-,17?,18?,19?,20?,21?,23-;;;;/m0..../s1. The van der Waals surface area contributed by atoms with Crippen molar-refractivity contribution < 1.29 is 84.5 Å². The molecule has 3 aliphatic heterocycles. The van der Waals surface area contributed by atoms with Crippen LogP contribution < -0.4 is 0 Å². The Balaban J connectivity index is 0.00000151. The summed E-state index contributed by atoms with van der Waals surface area (Å²) >= 11 is 7.39. The fourth-order valence-electron chi connectivity index (χ4n) is 5.20. The Morgan fingerprint density at radius 2 is 1.16 bits per heavy atom. The average Bonchev–Trinajstić information content (AvgIpc) is 2.94. The summed E-state index contributed by atoms with van der Waals surface area (Å²) < 4.78 is 27.3. The zero-order valence-electron chi connectivity index (χ0n) is 22.9. The van der Waals surface area contributed by atoms with E-state index in [1.54, 1.807) is 0 Å². The van der Waals surface area contributed by atoms with Crippen LogP contribution in [0.15, 0.2) is 0 Å². The third kappa shape index (κ3) is 11.4. The molecule has 20 heteroatoms. The summed E-state index contributed by atoms with van der Waals surface area (Å²) in [4.78, 5) is 11.2. The second kappa shape index (κ2) is 19.6. The monoisotopic (exact) mass is 1000 g/mol. The van der Waals surface area contributed by atoms with Crippen LogP contribution in [0.2, 0.25) is 0 Å². The molecule has 10 N–H and O–H groups in total. The summed E-state index contributed by atoms with van der Waals surface area (Å²) in [5.74, 6) is -4.53. The summed E-state index contributed by atoms with van der Waals surface area (Å²) in [6, 6.07) is 0. The van der Waals surface area contributed by atoms with Gasteiger partial charge in [-0.05, 0) is 6.92 Å². The zero-order valence-corrected chi connectivity index (χ0v) is 30.8. The van der Waals surface area contributed by atoms with E-state index in [1.807, 2.05) is 0 Å². The van der Waals surface area contributed by atoms with E-state index in [4.69, 9.17) is 23.7 Å². The molecule has 0 bridgehead atoms. The van der Waals surface area contributed by atoms with Crippen molar-refractivity contribution in [1.82, 2.24) is 0 Å². The molecule has 15 atom stereocenters. The first-order chi connectivity index (χ1) is 20.2. The second-order valence-electron chi connectivity index (χ2n) is 10.4. The van der Waals surface area contributed by atoms with Crippen LogP contribution in [0.4, 0.5) is 0 Å². The van der Waals surface area contributed by atoms with Gasteiger partial charge in [0.2, 0.25) is 0 Å². The molecule has 0 spiro atoms. The Morgan fingerprint density at radius 1 is 0.651 bits per heavy atom. The van der Waals surface area contributed by atoms with Gasteiger partial charge in [-0.15, -0.1) is 0 Å². The van der Waals surface area contributed by atoms with Crippen molar-refractivity contribution in [1.29, 1.82) is 0 Å². The molecule has 0 aromatic rings. The second-order valence-corrected chi connectivity index (χ2v) is 45.8. The topological polar surface area (TPSA) is 266 Å². The van der Waals surface area contributed by atoms with E-state index in [0.717, 1.165) is 0 Å². The number of aliphatic carboxylic acids is 1. The van der Waals surface area contributed by atoms with Gasteiger partial charge < -0.3 is 74.7 Å². The van der Waals surface area contributed by atoms with Crippen molar-refractivity contribution in [2.24, 2.45) is 17.8 Å². The maximum atomic E-state index is 11.5. The summed E-state index contributed by atoms with van der Waals surface area (Å²) in [5, 5.41) is 100. The number of carbonyl (C=O) groups is 1. The molecule has 0 saturated carbocycles. The van der Waals surface area contributed by atoms with Crippen molar-refractivity contribution in [2.45, 2.75) is 80.4 Å². The molecular weight excluding hydrogens is 964 g/mol. The normalized spacial score (nSPS) is 43.6. The molecule has 3 aliphatic rings. The molecule has 3 rings (SSSR count). The molecule has 0 aliphatic carbocycles. The van der Waals surface area contributed by atoms with Crippen molar-refractivity contribution in [3.8, 4) is 0 Å². The first-order valence-electron chi connectivity index (χ1n) is 13.3. The number of halogens is 3. The van der Waals surface area contributed by atoms with Gasteiger partial charge in [-0.25, -0.2) is 4.79 Å². The predicted octanol–water partition coefficient (Wildman–Crippen LogP) is -2.97. The summed E-state index contributed by atoms with van der Waals surface area (Å²) in [6.45, 7) is -1.03. The van der Waals surface area contributed by atoms with Crippen molar-refractivity contribution >= 4 is 65.9 Å². The van der Waals surface area contributed by atoms with Crippen LogP contribution in [0.5, 0.6) is 0 Å². The van der Waals surface area contributed by atoms with Crippen LogP contribution >= 0.6 is 59.9 Å². The number of hydrogen-bond donors (Lipinski definition) is 10. The SMILES string of the molecule is CC1O[C@@H](COCC2C(COC[C@@H]3OC(C(=O)O)[C@@H](CO)C(O)C3O)[C@@H](O)OC(CO)[C@H]2O)C(O)C(O)[C@@H]1O.[I][V]([I])[I]. The van der Waals surface area contributed by atoms with Crippen LogP contribution in [0.25, 0.3) is 0 Å². The molecular formula is C23H40I3O16V. The number of aliphatic hydroxyl groups excluding tert-OH is 9. The molecule has 0 aromatic carbocycles. The Kier molecular flexibility index (Phi) is 18.6. The first-order valence-corrected chi connectivity index (χ1v) is 26.8. The van der Waals surface area contributed by atoms with Crippen LogP contribution in [0, 0.1) is 17.8 Å². The van der Waals surface area contributed by atoms with Crippen LogP contribution in [0.1, 0.15) is 6.92 Å². The van der Waals surface area contributed by atoms with Gasteiger partial charge >= 0.3 is 70.8 Å². The third-order valence-corrected chi connectivity index (χ3v) is 7.70. The molecule has 0 aromatic heterocycles. The van der Waals surface area contributed by atoms with Crippen molar-refractivity contribution in [3.05, 3.63) is 0 Å². The average molecular weight is 1000 g/mol. The number of carboxylic acid groups (broad SMARTS) is 1. The molecule has 0 amide bonds. The van der Waals surface area contributed by atoms with Crippen LogP contribution in [-0.4, -0.2) is 170 Å². The molecule has 16 nitrogen and oxygen atoms in total. The Morgan fingerprint density at radius 3 is 1.67 bits per heavy atom. The van der Waals surface area contributed by atoms with Gasteiger partial charge in [0.05, 0.1) is 58.0 Å². The number of aliphatic hydroxyl groups is 9. The number of rotatable bonds is 11. The van der Waals surface area contributed by atoms with Crippen molar-refractivity contribution in [3.63, 3.8) is 0 Å². The van der Waals surface area contributed by atoms with E-state index in [0.29, 0.717) is 0 Å². The third-order valence-electron chi connectivity index (χ3n) is 7.70. The van der Waals surface area contributed by atoms with E-state index < -0.39 is 117 Å². The van der Waals surface area contributed by atoms with Gasteiger partial charge in [-0.1, -0.05) is 0 Å².